The molecule has 0 bridgehead atoms. The summed E-state index contributed by atoms with van der Waals surface area (Å²) in [6.07, 6.45) is 0. The van der Waals surface area contributed by atoms with Crippen molar-refractivity contribution < 1.29 is 4.42 Å². The number of benzene rings is 8. The van der Waals surface area contributed by atoms with Gasteiger partial charge in [-0.1, -0.05) is 109 Å². The van der Waals surface area contributed by atoms with Gasteiger partial charge >= 0.3 is 0 Å². The van der Waals surface area contributed by atoms with Gasteiger partial charge < -0.3 is 13.6 Å². The van der Waals surface area contributed by atoms with Crippen LogP contribution >= 0.6 is 11.3 Å². The molecule has 0 radical (unpaired) electrons. The molecule has 0 amide bonds. The smallest absolute Gasteiger partial charge is 0.143 e. The van der Waals surface area contributed by atoms with Crippen LogP contribution in [0.5, 0.6) is 0 Å². The van der Waals surface area contributed by atoms with Gasteiger partial charge in [0, 0.05) is 75.0 Å². The molecule has 0 aliphatic rings. The minimum Gasteiger partial charge on any atom is -0.455 e. The summed E-state index contributed by atoms with van der Waals surface area (Å²) in [5, 5.41) is 9.89. The molecular weight excluding hydrogens is 653 g/mol. The Morgan fingerprint density at radius 1 is 0.385 bits per heavy atom. The van der Waals surface area contributed by atoms with Crippen LogP contribution in [0.3, 0.4) is 0 Å². The largest absolute Gasteiger partial charge is 0.455 e. The van der Waals surface area contributed by atoms with Crippen molar-refractivity contribution in [2.24, 2.45) is 0 Å². The van der Waals surface area contributed by atoms with Gasteiger partial charge in [-0.15, -0.1) is 11.3 Å². The van der Waals surface area contributed by atoms with Crippen molar-refractivity contribution in [3.8, 4) is 22.5 Å². The Balaban J connectivity index is 1.12. The number of nitrogens with zero attached hydrogens (tertiary/aromatic N) is 2. The summed E-state index contributed by atoms with van der Waals surface area (Å²) < 4.78 is 14.2. The minimum atomic E-state index is 0.892. The Kier molecular flexibility index (Phi) is 5.65. The van der Waals surface area contributed by atoms with Gasteiger partial charge in [-0.05, 0) is 60.7 Å². The maximum absolute atomic E-state index is 6.75. The quantitative estimate of drug-likeness (QED) is 0.182. The second-order valence-corrected chi connectivity index (χ2v) is 14.7. The van der Waals surface area contributed by atoms with Gasteiger partial charge in [0.2, 0.25) is 0 Å². The van der Waals surface area contributed by atoms with Crippen LogP contribution in [0.15, 0.2) is 174 Å². The zero-order valence-electron chi connectivity index (χ0n) is 27.9. The van der Waals surface area contributed by atoms with E-state index in [9.17, 15) is 0 Å². The summed E-state index contributed by atoms with van der Waals surface area (Å²) in [6.45, 7) is 0. The predicted molar refractivity (Wildman–Crippen MR) is 221 cm³/mol. The maximum atomic E-state index is 6.75. The average Bonchev–Trinajstić information content (AvgIpc) is 3.95. The Morgan fingerprint density at radius 3 is 1.73 bits per heavy atom. The van der Waals surface area contributed by atoms with E-state index in [1.807, 2.05) is 11.3 Å². The van der Waals surface area contributed by atoms with E-state index in [2.05, 4.69) is 179 Å². The van der Waals surface area contributed by atoms with Crippen LogP contribution in [0.4, 0.5) is 0 Å². The number of rotatable bonds is 3. The number of hydrogen-bond acceptors (Lipinski definition) is 2. The van der Waals surface area contributed by atoms with Crippen molar-refractivity contribution in [3.05, 3.63) is 170 Å². The first-order valence-corrected chi connectivity index (χ1v) is 18.5. The molecule has 4 heteroatoms. The van der Waals surface area contributed by atoms with Crippen molar-refractivity contribution in [1.29, 1.82) is 0 Å². The molecule has 4 aromatic heterocycles. The van der Waals surface area contributed by atoms with Gasteiger partial charge in [-0.2, -0.15) is 0 Å². The fraction of sp³-hybridized carbons (Fsp3) is 0. The minimum absolute atomic E-state index is 0.892. The van der Waals surface area contributed by atoms with Gasteiger partial charge in [-0.25, -0.2) is 0 Å². The second kappa shape index (κ2) is 10.5. The van der Waals surface area contributed by atoms with Crippen molar-refractivity contribution in [1.82, 2.24) is 9.13 Å². The summed E-state index contributed by atoms with van der Waals surface area (Å²) in [4.78, 5) is 0. The first kappa shape index (κ1) is 28.1. The zero-order valence-corrected chi connectivity index (χ0v) is 28.7. The normalized spacial score (nSPS) is 12.2. The molecular formula is C48H28N2OS. The maximum Gasteiger partial charge on any atom is 0.143 e. The van der Waals surface area contributed by atoms with Crippen molar-refractivity contribution >= 4 is 97.1 Å². The highest BCUT2D eigenvalue weighted by Gasteiger charge is 2.22. The molecule has 0 aliphatic carbocycles. The summed E-state index contributed by atoms with van der Waals surface area (Å²) in [5.74, 6) is 0. The molecule has 0 atom stereocenters. The van der Waals surface area contributed by atoms with Crippen LogP contribution < -0.4 is 0 Å². The number of aromatic nitrogens is 2. The predicted octanol–water partition coefficient (Wildman–Crippen LogP) is 13.8. The molecule has 242 valence electrons. The van der Waals surface area contributed by atoms with Crippen molar-refractivity contribution in [3.63, 3.8) is 0 Å². The molecule has 12 aromatic rings. The SMILES string of the molecule is c1ccc(-n2c3ccccc3c3c4c5ccccc5n(-c5ccc6oc7c(-c8cccc9c8sc8ccccc89)cccc7c6c5)c4ccc32)cc1. The summed E-state index contributed by atoms with van der Waals surface area (Å²) in [7, 11) is 0. The first-order valence-electron chi connectivity index (χ1n) is 17.7. The standard InChI is InChI=1S/C48H28N2OS/c1-2-12-29(13-3-1)49-39-21-7-4-15-36(39)45-41(49)25-26-42-46(45)37-16-5-8-22-40(37)50(42)30-24-27-43-38(28-30)33-18-10-17-32(47(33)51-43)35-20-11-19-34-31-14-6-9-23-44(31)52-48(34)35/h1-28H. The summed E-state index contributed by atoms with van der Waals surface area (Å²) in [6, 6.07) is 61.5. The van der Waals surface area contributed by atoms with Crippen molar-refractivity contribution in [2.75, 3.05) is 0 Å². The van der Waals surface area contributed by atoms with Gasteiger partial charge in [-0.3, -0.25) is 0 Å². The Bertz CT molecular complexity index is 3410. The lowest BCUT2D eigenvalue weighted by Crippen LogP contribution is -1.94. The topological polar surface area (TPSA) is 23.0 Å². The summed E-state index contributed by atoms with van der Waals surface area (Å²) >= 11 is 1.86. The lowest BCUT2D eigenvalue weighted by atomic mass is 10.00. The van der Waals surface area contributed by atoms with E-state index in [1.165, 1.54) is 69.3 Å². The second-order valence-electron chi connectivity index (χ2n) is 13.6. The van der Waals surface area contributed by atoms with E-state index < -0.39 is 0 Å². The van der Waals surface area contributed by atoms with Gasteiger partial charge in [0.1, 0.15) is 11.2 Å². The first-order chi connectivity index (χ1) is 25.8. The third kappa shape index (κ3) is 3.74. The number of fused-ring (bicyclic) bond motifs is 13. The molecule has 8 aromatic carbocycles. The lowest BCUT2D eigenvalue weighted by molar-refractivity contribution is 0.670. The molecule has 0 saturated carbocycles. The molecule has 0 N–H and O–H groups in total. The van der Waals surface area contributed by atoms with E-state index >= 15 is 0 Å². The number of para-hydroxylation sites is 4. The van der Waals surface area contributed by atoms with E-state index in [0.717, 1.165) is 38.9 Å². The number of furan rings is 1. The van der Waals surface area contributed by atoms with Crippen LogP contribution in [0.25, 0.3) is 108 Å². The van der Waals surface area contributed by atoms with Crippen LogP contribution in [0, 0.1) is 0 Å². The molecule has 12 rings (SSSR count). The number of hydrogen-bond donors (Lipinski definition) is 0. The summed E-state index contributed by atoms with van der Waals surface area (Å²) in [5.41, 5.74) is 11.2. The van der Waals surface area contributed by atoms with Crippen LogP contribution in [-0.4, -0.2) is 9.13 Å². The monoisotopic (exact) mass is 680 g/mol. The van der Waals surface area contributed by atoms with Gasteiger partial charge in [0.25, 0.3) is 0 Å². The van der Waals surface area contributed by atoms with Gasteiger partial charge in [0.15, 0.2) is 0 Å². The highest BCUT2D eigenvalue weighted by Crippen LogP contribution is 2.45. The molecule has 0 spiro atoms. The Morgan fingerprint density at radius 2 is 0.981 bits per heavy atom. The molecule has 4 heterocycles. The van der Waals surface area contributed by atoms with Gasteiger partial charge in [0.05, 0.1) is 22.1 Å². The lowest BCUT2D eigenvalue weighted by Gasteiger charge is -2.09. The highest BCUT2D eigenvalue weighted by atomic mass is 32.1. The highest BCUT2D eigenvalue weighted by molar-refractivity contribution is 7.26. The van der Waals surface area contributed by atoms with Crippen LogP contribution in [0.1, 0.15) is 0 Å². The average molecular weight is 681 g/mol. The molecule has 0 aliphatic heterocycles. The van der Waals surface area contributed by atoms with E-state index in [-0.39, 0.29) is 0 Å². The van der Waals surface area contributed by atoms with Crippen LogP contribution in [-0.2, 0) is 0 Å². The van der Waals surface area contributed by atoms with E-state index in [1.54, 1.807) is 0 Å². The van der Waals surface area contributed by atoms with Crippen LogP contribution in [0.2, 0.25) is 0 Å². The third-order valence-corrected chi connectivity index (χ3v) is 12.1. The fourth-order valence-electron chi connectivity index (χ4n) is 8.75. The number of thiophene rings is 1. The molecule has 0 saturated heterocycles. The van der Waals surface area contributed by atoms with E-state index in [0.29, 0.717) is 0 Å². The molecule has 0 unspecified atom stereocenters. The molecule has 52 heavy (non-hydrogen) atoms. The molecule has 0 fully saturated rings. The van der Waals surface area contributed by atoms with E-state index in [4.69, 9.17) is 4.42 Å². The Hall–Kier alpha value is -6.62. The van der Waals surface area contributed by atoms with Crippen molar-refractivity contribution in [2.45, 2.75) is 0 Å². The third-order valence-electron chi connectivity index (χ3n) is 10.9. The molecule has 3 nitrogen and oxygen atoms in total. The fourth-order valence-corrected chi connectivity index (χ4v) is 9.98. The Labute approximate surface area is 301 Å². The zero-order chi connectivity index (χ0) is 33.9.